The molecule has 0 aliphatic carbocycles. The van der Waals surface area contributed by atoms with E-state index in [4.69, 9.17) is 15.2 Å². The van der Waals surface area contributed by atoms with E-state index in [-0.39, 0.29) is 0 Å². The molecule has 2 N–H and O–H groups in total. The number of methoxy groups -OCH3 is 1. The molecular weight excluding hydrogens is 228 g/mol. The van der Waals surface area contributed by atoms with Crippen LogP contribution in [0.1, 0.15) is 12.8 Å². The molecule has 0 aromatic heterocycles. The minimum Gasteiger partial charge on any atom is -0.493 e. The molecule has 0 aliphatic rings. The first kappa shape index (κ1) is 14.8. The average molecular weight is 252 g/mol. The zero-order chi connectivity index (χ0) is 13.2. The highest BCUT2D eigenvalue weighted by Gasteiger charge is 1.99. The molecule has 0 bridgehead atoms. The summed E-state index contributed by atoms with van der Waals surface area (Å²) in [6.07, 6.45) is 2.08. The van der Waals surface area contributed by atoms with E-state index in [1.54, 1.807) is 7.11 Å². The van der Waals surface area contributed by atoms with Crippen LogP contribution in [0.15, 0.2) is 24.3 Å². The Kier molecular flexibility index (Phi) is 7.22. The molecule has 0 unspecified atom stereocenters. The third kappa shape index (κ3) is 6.47. The van der Waals surface area contributed by atoms with Crippen molar-refractivity contribution in [3.05, 3.63) is 24.3 Å². The Balaban J connectivity index is 2.07. The Morgan fingerprint density at radius 2 is 1.89 bits per heavy atom. The fourth-order valence-electron chi connectivity index (χ4n) is 1.72. The largest absolute Gasteiger partial charge is 0.493 e. The lowest BCUT2D eigenvalue weighted by atomic mass is 10.3. The molecule has 0 atom stereocenters. The maximum atomic E-state index is 5.68. The molecular formula is C14H24N2O2. The SMILES string of the molecule is COCCCN(C)CCCOc1cccc(N)c1. The highest BCUT2D eigenvalue weighted by atomic mass is 16.5. The molecule has 0 radical (unpaired) electrons. The van der Waals surface area contributed by atoms with E-state index < -0.39 is 0 Å². The summed E-state index contributed by atoms with van der Waals surface area (Å²) in [4.78, 5) is 2.29. The van der Waals surface area contributed by atoms with Crippen LogP contribution in [0.2, 0.25) is 0 Å². The molecule has 0 fully saturated rings. The van der Waals surface area contributed by atoms with Crippen LogP contribution >= 0.6 is 0 Å². The first-order valence-electron chi connectivity index (χ1n) is 6.38. The first-order valence-corrected chi connectivity index (χ1v) is 6.38. The van der Waals surface area contributed by atoms with Crippen LogP contribution < -0.4 is 10.5 Å². The van der Waals surface area contributed by atoms with Crippen LogP contribution in [0.5, 0.6) is 5.75 Å². The van der Waals surface area contributed by atoms with Gasteiger partial charge in [-0.1, -0.05) is 6.07 Å². The summed E-state index contributed by atoms with van der Waals surface area (Å²) < 4.78 is 10.7. The standard InChI is InChI=1S/C14H24N2O2/c1-16(8-4-10-17-2)9-5-11-18-14-7-3-6-13(15)12-14/h3,6-7,12H,4-5,8-11,15H2,1-2H3. The van der Waals surface area contributed by atoms with Gasteiger partial charge in [0.05, 0.1) is 6.61 Å². The van der Waals surface area contributed by atoms with Crippen LogP contribution in [0.25, 0.3) is 0 Å². The van der Waals surface area contributed by atoms with Crippen molar-refractivity contribution in [3.8, 4) is 5.75 Å². The summed E-state index contributed by atoms with van der Waals surface area (Å²) in [7, 11) is 3.86. The number of nitrogens with two attached hydrogens (primary N) is 1. The number of ether oxygens (including phenoxy) is 2. The van der Waals surface area contributed by atoms with Crippen molar-refractivity contribution in [1.82, 2.24) is 4.90 Å². The van der Waals surface area contributed by atoms with Crippen molar-refractivity contribution in [2.24, 2.45) is 0 Å². The van der Waals surface area contributed by atoms with Crippen LogP contribution in [-0.2, 0) is 4.74 Å². The predicted octanol–water partition coefficient (Wildman–Crippen LogP) is 2.01. The van der Waals surface area contributed by atoms with Crippen molar-refractivity contribution in [2.45, 2.75) is 12.8 Å². The molecule has 0 heterocycles. The lowest BCUT2D eigenvalue weighted by Crippen LogP contribution is -2.23. The molecule has 1 rings (SSSR count). The summed E-state index contributed by atoms with van der Waals surface area (Å²) >= 11 is 0. The van der Waals surface area contributed by atoms with Gasteiger partial charge in [-0.3, -0.25) is 0 Å². The molecule has 1 aromatic rings. The molecule has 1 aromatic carbocycles. The number of nitrogens with zero attached hydrogens (tertiary/aromatic N) is 1. The average Bonchev–Trinajstić information content (AvgIpc) is 2.35. The van der Waals surface area contributed by atoms with E-state index in [2.05, 4.69) is 11.9 Å². The zero-order valence-corrected chi connectivity index (χ0v) is 11.4. The second-order valence-corrected chi connectivity index (χ2v) is 4.42. The number of hydrogen-bond donors (Lipinski definition) is 1. The molecule has 102 valence electrons. The Hall–Kier alpha value is -1.26. The minimum atomic E-state index is 0.720. The number of rotatable bonds is 9. The van der Waals surface area contributed by atoms with Gasteiger partial charge in [-0.05, 0) is 32.0 Å². The minimum absolute atomic E-state index is 0.720. The van der Waals surface area contributed by atoms with E-state index in [0.717, 1.165) is 50.6 Å². The number of nitrogen functional groups attached to an aromatic ring is 1. The van der Waals surface area contributed by atoms with Crippen molar-refractivity contribution >= 4 is 5.69 Å². The number of benzene rings is 1. The first-order chi connectivity index (χ1) is 8.72. The maximum absolute atomic E-state index is 5.68. The van der Waals surface area contributed by atoms with Crippen LogP contribution in [0, 0.1) is 0 Å². The number of hydrogen-bond acceptors (Lipinski definition) is 4. The fourth-order valence-corrected chi connectivity index (χ4v) is 1.72. The topological polar surface area (TPSA) is 47.7 Å². The van der Waals surface area contributed by atoms with Crippen molar-refractivity contribution < 1.29 is 9.47 Å². The Bertz CT molecular complexity index is 331. The highest BCUT2D eigenvalue weighted by Crippen LogP contribution is 2.14. The van der Waals surface area contributed by atoms with Gasteiger partial charge in [0, 0.05) is 38.6 Å². The summed E-state index contributed by atoms with van der Waals surface area (Å²) in [6, 6.07) is 7.54. The van der Waals surface area contributed by atoms with E-state index >= 15 is 0 Å². The van der Waals surface area contributed by atoms with Gasteiger partial charge in [0.2, 0.25) is 0 Å². The lowest BCUT2D eigenvalue weighted by Gasteiger charge is -2.16. The summed E-state index contributed by atoms with van der Waals surface area (Å²) in [5.41, 5.74) is 6.42. The molecule has 0 spiro atoms. The van der Waals surface area contributed by atoms with Gasteiger partial charge in [0.15, 0.2) is 0 Å². The smallest absolute Gasteiger partial charge is 0.121 e. The number of anilines is 1. The van der Waals surface area contributed by atoms with Gasteiger partial charge >= 0.3 is 0 Å². The van der Waals surface area contributed by atoms with Gasteiger partial charge < -0.3 is 20.1 Å². The fraction of sp³-hybridized carbons (Fsp3) is 0.571. The van der Waals surface area contributed by atoms with E-state index in [9.17, 15) is 0 Å². The van der Waals surface area contributed by atoms with Gasteiger partial charge in [0.1, 0.15) is 5.75 Å². The van der Waals surface area contributed by atoms with Crippen molar-refractivity contribution in [3.63, 3.8) is 0 Å². The Labute approximate surface area is 110 Å². The van der Waals surface area contributed by atoms with E-state index in [1.165, 1.54) is 0 Å². The van der Waals surface area contributed by atoms with Gasteiger partial charge in [-0.15, -0.1) is 0 Å². The molecule has 0 saturated heterocycles. The van der Waals surface area contributed by atoms with Crippen molar-refractivity contribution in [2.75, 3.05) is 46.2 Å². The summed E-state index contributed by atoms with van der Waals surface area (Å²) in [5, 5.41) is 0. The van der Waals surface area contributed by atoms with Crippen LogP contribution in [0.4, 0.5) is 5.69 Å². The third-order valence-electron chi connectivity index (χ3n) is 2.70. The molecule has 4 heteroatoms. The molecule has 0 aliphatic heterocycles. The highest BCUT2D eigenvalue weighted by molar-refractivity contribution is 5.43. The molecule has 0 amide bonds. The monoisotopic (exact) mass is 252 g/mol. The molecule has 18 heavy (non-hydrogen) atoms. The van der Waals surface area contributed by atoms with Crippen molar-refractivity contribution in [1.29, 1.82) is 0 Å². The van der Waals surface area contributed by atoms with Gasteiger partial charge in [-0.2, -0.15) is 0 Å². The van der Waals surface area contributed by atoms with E-state index in [0.29, 0.717) is 0 Å². The zero-order valence-electron chi connectivity index (χ0n) is 11.4. The maximum Gasteiger partial charge on any atom is 0.121 e. The molecule has 0 saturated carbocycles. The van der Waals surface area contributed by atoms with E-state index in [1.807, 2.05) is 24.3 Å². The molecule has 4 nitrogen and oxygen atoms in total. The second kappa shape index (κ2) is 8.78. The third-order valence-corrected chi connectivity index (χ3v) is 2.70. The van der Waals surface area contributed by atoms with Gasteiger partial charge in [0.25, 0.3) is 0 Å². The lowest BCUT2D eigenvalue weighted by molar-refractivity contribution is 0.176. The van der Waals surface area contributed by atoms with Crippen LogP contribution in [-0.4, -0.2) is 45.4 Å². The summed E-state index contributed by atoms with van der Waals surface area (Å²) in [6.45, 7) is 3.64. The normalized spacial score (nSPS) is 10.8. The van der Waals surface area contributed by atoms with Gasteiger partial charge in [-0.25, -0.2) is 0 Å². The quantitative estimate of drug-likeness (QED) is 0.539. The van der Waals surface area contributed by atoms with Crippen LogP contribution in [0.3, 0.4) is 0 Å². The predicted molar refractivity (Wildman–Crippen MR) is 75.0 cm³/mol. The Morgan fingerprint density at radius 3 is 2.56 bits per heavy atom. The second-order valence-electron chi connectivity index (χ2n) is 4.42. The summed E-state index contributed by atoms with van der Waals surface area (Å²) in [5.74, 6) is 0.844. The Morgan fingerprint density at radius 1 is 1.17 bits per heavy atom.